The molecule has 0 unspecified atom stereocenters. The second-order valence-corrected chi connectivity index (χ2v) is 5.49. The van der Waals surface area contributed by atoms with Crippen molar-refractivity contribution in [3.05, 3.63) is 75.8 Å². The van der Waals surface area contributed by atoms with Gasteiger partial charge in [-0.15, -0.1) is 0 Å². The maximum Gasteiger partial charge on any atom is 0.273 e. The summed E-state index contributed by atoms with van der Waals surface area (Å²) in [5, 5.41) is 18.2. The molecule has 0 aliphatic rings. The van der Waals surface area contributed by atoms with Gasteiger partial charge in [0.25, 0.3) is 5.69 Å². The van der Waals surface area contributed by atoms with E-state index in [0.717, 1.165) is 0 Å². The summed E-state index contributed by atoms with van der Waals surface area (Å²) < 4.78 is 1.43. The molecule has 0 fully saturated rings. The van der Waals surface area contributed by atoms with E-state index in [-0.39, 0.29) is 12.1 Å². The van der Waals surface area contributed by atoms with E-state index in [2.05, 4.69) is 15.4 Å². The van der Waals surface area contributed by atoms with Crippen LogP contribution in [0.1, 0.15) is 5.56 Å². The van der Waals surface area contributed by atoms with Crippen molar-refractivity contribution in [1.29, 1.82) is 0 Å². The Labute approximate surface area is 147 Å². The van der Waals surface area contributed by atoms with Crippen molar-refractivity contribution in [3.63, 3.8) is 0 Å². The average molecular weight is 358 g/mol. The second-order valence-electron chi connectivity index (χ2n) is 5.09. The van der Waals surface area contributed by atoms with Crippen molar-refractivity contribution < 1.29 is 9.72 Å². The van der Waals surface area contributed by atoms with Gasteiger partial charge in [-0.2, -0.15) is 5.10 Å². The third-order valence-electron chi connectivity index (χ3n) is 3.45. The number of amides is 1. The van der Waals surface area contributed by atoms with E-state index in [4.69, 9.17) is 11.6 Å². The Bertz CT molecular complexity index is 927. The van der Waals surface area contributed by atoms with Gasteiger partial charge in [-0.05, 0) is 12.1 Å². The predicted octanol–water partition coefficient (Wildman–Crippen LogP) is 3.01. The number of aromatic nitrogens is 3. The van der Waals surface area contributed by atoms with Gasteiger partial charge in [-0.3, -0.25) is 14.9 Å². The highest BCUT2D eigenvalue weighted by atomic mass is 35.5. The number of nitrogens with zero attached hydrogens (tertiary/aromatic N) is 4. The molecule has 0 aliphatic carbocycles. The fourth-order valence-electron chi connectivity index (χ4n) is 2.38. The van der Waals surface area contributed by atoms with E-state index in [1.807, 2.05) is 0 Å². The number of para-hydroxylation sites is 2. The summed E-state index contributed by atoms with van der Waals surface area (Å²) in [4.78, 5) is 26.8. The molecule has 0 spiro atoms. The van der Waals surface area contributed by atoms with Crippen LogP contribution in [0.3, 0.4) is 0 Å². The zero-order chi connectivity index (χ0) is 17.8. The molecule has 1 aromatic heterocycles. The van der Waals surface area contributed by atoms with Crippen molar-refractivity contribution >= 4 is 28.9 Å². The summed E-state index contributed by atoms with van der Waals surface area (Å²) >= 11 is 6.20. The third-order valence-corrected chi connectivity index (χ3v) is 3.75. The second kappa shape index (κ2) is 7.10. The number of nitro groups is 1. The predicted molar refractivity (Wildman–Crippen MR) is 91.8 cm³/mol. The summed E-state index contributed by atoms with van der Waals surface area (Å²) in [6, 6.07) is 11.1. The van der Waals surface area contributed by atoms with Gasteiger partial charge in [-0.25, -0.2) is 9.67 Å². The minimum Gasteiger partial charge on any atom is -0.324 e. The number of carbonyl (C=O) groups is 1. The lowest BCUT2D eigenvalue weighted by Gasteiger charge is -2.12. The van der Waals surface area contributed by atoms with Crippen LogP contribution in [0.2, 0.25) is 5.02 Å². The zero-order valence-electron chi connectivity index (χ0n) is 12.8. The summed E-state index contributed by atoms with van der Waals surface area (Å²) in [5.74, 6) is -0.405. The van der Waals surface area contributed by atoms with E-state index < -0.39 is 10.8 Å². The summed E-state index contributed by atoms with van der Waals surface area (Å²) in [7, 11) is 0. The molecule has 1 N–H and O–H groups in total. The Morgan fingerprint density at radius 2 is 2.04 bits per heavy atom. The lowest BCUT2D eigenvalue weighted by atomic mass is 10.1. The fourth-order valence-corrected chi connectivity index (χ4v) is 2.64. The van der Waals surface area contributed by atoms with Crippen molar-refractivity contribution in [2.24, 2.45) is 0 Å². The molecular formula is C16H12ClN5O3. The smallest absolute Gasteiger partial charge is 0.273 e. The van der Waals surface area contributed by atoms with Crippen LogP contribution in [-0.2, 0) is 11.2 Å². The average Bonchev–Trinajstić information content (AvgIpc) is 3.09. The van der Waals surface area contributed by atoms with Crippen LogP contribution >= 0.6 is 11.6 Å². The molecule has 1 heterocycles. The Morgan fingerprint density at radius 1 is 1.24 bits per heavy atom. The number of hydrogen-bond acceptors (Lipinski definition) is 5. The minimum atomic E-state index is -0.511. The SMILES string of the molecule is O=C(Cc1ccccc1[N+](=O)[O-])Nc1cccc(Cl)c1-n1cncn1. The molecule has 0 aliphatic heterocycles. The number of benzene rings is 2. The first-order valence-electron chi connectivity index (χ1n) is 7.22. The number of hydrogen-bond donors (Lipinski definition) is 1. The van der Waals surface area contributed by atoms with Crippen LogP contribution in [0.15, 0.2) is 55.1 Å². The Balaban J connectivity index is 1.86. The first-order chi connectivity index (χ1) is 12.1. The lowest BCUT2D eigenvalue weighted by Crippen LogP contribution is -2.17. The van der Waals surface area contributed by atoms with Gasteiger partial charge in [0.05, 0.1) is 22.1 Å². The van der Waals surface area contributed by atoms with Crippen molar-refractivity contribution in [2.75, 3.05) is 5.32 Å². The molecular weight excluding hydrogens is 346 g/mol. The number of carbonyl (C=O) groups excluding carboxylic acids is 1. The van der Waals surface area contributed by atoms with Crippen molar-refractivity contribution in [2.45, 2.75) is 6.42 Å². The van der Waals surface area contributed by atoms with Gasteiger partial charge < -0.3 is 5.32 Å². The molecule has 0 atom stereocenters. The molecule has 126 valence electrons. The van der Waals surface area contributed by atoms with Gasteiger partial charge in [0.15, 0.2) is 0 Å². The Hall–Kier alpha value is -3.26. The van der Waals surface area contributed by atoms with E-state index in [0.29, 0.717) is 22.0 Å². The van der Waals surface area contributed by atoms with Crippen molar-refractivity contribution in [3.8, 4) is 5.69 Å². The molecule has 1 amide bonds. The topological polar surface area (TPSA) is 103 Å². The number of rotatable bonds is 5. The summed E-state index contributed by atoms with van der Waals surface area (Å²) in [6.07, 6.45) is 2.67. The van der Waals surface area contributed by atoms with Gasteiger partial charge in [-0.1, -0.05) is 35.9 Å². The fraction of sp³-hybridized carbons (Fsp3) is 0.0625. The summed E-state index contributed by atoms with van der Waals surface area (Å²) in [6.45, 7) is 0. The first-order valence-corrected chi connectivity index (χ1v) is 7.59. The van der Waals surface area contributed by atoms with Gasteiger partial charge in [0, 0.05) is 11.6 Å². The molecule has 0 radical (unpaired) electrons. The highest BCUT2D eigenvalue weighted by Gasteiger charge is 2.17. The monoisotopic (exact) mass is 357 g/mol. The molecule has 3 aromatic rings. The third kappa shape index (κ3) is 3.64. The molecule has 3 rings (SSSR count). The van der Waals surface area contributed by atoms with E-state index >= 15 is 0 Å². The lowest BCUT2D eigenvalue weighted by molar-refractivity contribution is -0.385. The Morgan fingerprint density at radius 3 is 2.76 bits per heavy atom. The van der Waals surface area contributed by atoms with Crippen LogP contribution in [0, 0.1) is 10.1 Å². The maximum atomic E-state index is 12.4. The largest absolute Gasteiger partial charge is 0.324 e. The Kier molecular flexibility index (Phi) is 4.71. The molecule has 0 bridgehead atoms. The van der Waals surface area contributed by atoms with Gasteiger partial charge >= 0.3 is 0 Å². The number of anilines is 1. The molecule has 0 saturated heterocycles. The van der Waals surface area contributed by atoms with Crippen LogP contribution in [-0.4, -0.2) is 25.6 Å². The molecule has 8 nitrogen and oxygen atoms in total. The molecule has 9 heteroatoms. The molecule has 2 aromatic carbocycles. The number of nitrogens with one attached hydrogen (secondary N) is 1. The minimum absolute atomic E-state index is 0.0970. The number of halogens is 1. The highest BCUT2D eigenvalue weighted by Crippen LogP contribution is 2.28. The van der Waals surface area contributed by atoms with Gasteiger partial charge in [0.2, 0.25) is 5.91 Å². The van der Waals surface area contributed by atoms with E-state index in [1.165, 1.54) is 23.4 Å². The van der Waals surface area contributed by atoms with Crippen LogP contribution in [0.5, 0.6) is 0 Å². The highest BCUT2D eigenvalue weighted by molar-refractivity contribution is 6.33. The maximum absolute atomic E-state index is 12.4. The van der Waals surface area contributed by atoms with Crippen LogP contribution in [0.25, 0.3) is 5.69 Å². The summed E-state index contributed by atoms with van der Waals surface area (Å²) in [5.41, 5.74) is 1.13. The molecule has 25 heavy (non-hydrogen) atoms. The normalized spacial score (nSPS) is 10.4. The van der Waals surface area contributed by atoms with E-state index in [9.17, 15) is 14.9 Å². The van der Waals surface area contributed by atoms with Crippen LogP contribution < -0.4 is 5.32 Å². The van der Waals surface area contributed by atoms with Gasteiger partial charge in [0.1, 0.15) is 18.3 Å². The molecule has 0 saturated carbocycles. The standard InChI is InChI=1S/C16H12ClN5O3/c17-12-5-3-6-13(16(12)21-10-18-9-19-21)20-15(23)8-11-4-1-2-7-14(11)22(24)25/h1-7,9-10H,8H2,(H,20,23). The van der Waals surface area contributed by atoms with Crippen LogP contribution in [0.4, 0.5) is 11.4 Å². The first kappa shape index (κ1) is 16.6. The van der Waals surface area contributed by atoms with E-state index in [1.54, 1.807) is 36.4 Å². The van der Waals surface area contributed by atoms with Crippen molar-refractivity contribution in [1.82, 2.24) is 14.8 Å². The quantitative estimate of drug-likeness (QED) is 0.558. The zero-order valence-corrected chi connectivity index (χ0v) is 13.6. The number of nitro benzene ring substituents is 1.